The molecule has 1 saturated carbocycles. The van der Waals surface area contributed by atoms with Gasteiger partial charge in [0.05, 0.1) is 5.69 Å². The largest absolute Gasteiger partial charge is 0.342 e. The van der Waals surface area contributed by atoms with Crippen molar-refractivity contribution < 1.29 is 4.79 Å². The zero-order valence-electron chi connectivity index (χ0n) is 15.2. The van der Waals surface area contributed by atoms with Crippen LogP contribution >= 0.6 is 0 Å². The molecule has 0 aromatic carbocycles. The number of piperidine rings is 1. The van der Waals surface area contributed by atoms with Crippen LogP contribution in [0.4, 0.5) is 11.8 Å². The first kappa shape index (κ1) is 16.9. The van der Waals surface area contributed by atoms with E-state index >= 15 is 0 Å². The number of carbonyl (C=O) groups excluding carboxylic acids is 1. The third-order valence-corrected chi connectivity index (χ3v) is 5.43. The van der Waals surface area contributed by atoms with E-state index in [1.165, 1.54) is 6.42 Å². The van der Waals surface area contributed by atoms with Crippen molar-refractivity contribution in [2.45, 2.75) is 44.9 Å². The maximum absolute atomic E-state index is 12.6. The van der Waals surface area contributed by atoms with Crippen LogP contribution in [0, 0.1) is 12.8 Å². The predicted octanol–water partition coefficient (Wildman–Crippen LogP) is 3.43. The molecule has 1 aliphatic carbocycles. The van der Waals surface area contributed by atoms with Gasteiger partial charge in [-0.15, -0.1) is 0 Å². The van der Waals surface area contributed by atoms with Gasteiger partial charge in [0.15, 0.2) is 0 Å². The molecule has 1 N–H and O–H groups in total. The number of hydrogen-bond donors (Lipinski definition) is 1. The summed E-state index contributed by atoms with van der Waals surface area (Å²) < 4.78 is 0. The number of nitrogens with zero attached hydrogens (tertiary/aromatic N) is 4. The van der Waals surface area contributed by atoms with Crippen LogP contribution < -0.4 is 5.32 Å². The minimum Gasteiger partial charge on any atom is -0.342 e. The second kappa shape index (κ2) is 7.40. The van der Waals surface area contributed by atoms with Crippen LogP contribution in [0.1, 0.15) is 49.3 Å². The molecule has 2 aliphatic rings. The van der Waals surface area contributed by atoms with E-state index in [9.17, 15) is 4.79 Å². The summed E-state index contributed by atoms with van der Waals surface area (Å²) in [5.41, 5.74) is 2.12. The number of anilines is 2. The van der Waals surface area contributed by atoms with Gasteiger partial charge in [-0.25, -0.2) is 15.0 Å². The van der Waals surface area contributed by atoms with Crippen LogP contribution in [0.3, 0.4) is 0 Å². The third kappa shape index (κ3) is 3.69. The summed E-state index contributed by atoms with van der Waals surface area (Å²) in [6.07, 6.45) is 9.02. The van der Waals surface area contributed by atoms with Gasteiger partial charge < -0.3 is 10.2 Å². The van der Waals surface area contributed by atoms with Gasteiger partial charge in [-0.2, -0.15) is 0 Å². The summed E-state index contributed by atoms with van der Waals surface area (Å²) in [7, 11) is 0. The number of pyridine rings is 1. The summed E-state index contributed by atoms with van der Waals surface area (Å²) in [5.74, 6) is 2.18. The fourth-order valence-corrected chi connectivity index (χ4v) is 3.65. The topological polar surface area (TPSA) is 71.0 Å². The molecule has 1 aliphatic heterocycles. The highest BCUT2D eigenvalue weighted by molar-refractivity contribution is 5.79. The number of carbonyl (C=O) groups is 1. The molecule has 6 nitrogen and oxygen atoms in total. The Balaban J connectivity index is 1.45. The van der Waals surface area contributed by atoms with Crippen LogP contribution in [0.15, 0.2) is 30.6 Å². The first-order chi connectivity index (χ1) is 12.7. The van der Waals surface area contributed by atoms with Gasteiger partial charge in [0.2, 0.25) is 11.9 Å². The zero-order valence-corrected chi connectivity index (χ0v) is 15.2. The number of rotatable bonds is 4. The van der Waals surface area contributed by atoms with Gasteiger partial charge in [-0.05, 0) is 50.3 Å². The fraction of sp³-hybridized carbons (Fsp3) is 0.500. The molecule has 0 unspecified atom stereocenters. The van der Waals surface area contributed by atoms with E-state index in [0.29, 0.717) is 11.9 Å². The lowest BCUT2D eigenvalue weighted by Gasteiger charge is -2.37. The van der Waals surface area contributed by atoms with E-state index in [2.05, 4.69) is 25.2 Å². The standard InChI is InChI=1S/C20H25N5O/c1-14-7-8-18(22-12-14)24-20-21-10-9-17(23-20)16-6-3-11-25(13-16)19(26)15-4-2-5-15/h7-10,12,15-16H,2-6,11,13H2,1H3,(H,21,22,23,24)/t16-/m0/s1. The van der Waals surface area contributed by atoms with E-state index in [1.807, 2.05) is 31.3 Å². The Hall–Kier alpha value is -2.50. The Kier molecular flexibility index (Phi) is 4.82. The van der Waals surface area contributed by atoms with Gasteiger partial charge in [0.25, 0.3) is 0 Å². The number of hydrogen-bond acceptors (Lipinski definition) is 5. The highest BCUT2D eigenvalue weighted by atomic mass is 16.2. The Morgan fingerprint density at radius 1 is 1.15 bits per heavy atom. The fourth-order valence-electron chi connectivity index (χ4n) is 3.65. The Morgan fingerprint density at radius 2 is 2.04 bits per heavy atom. The van der Waals surface area contributed by atoms with Crippen molar-refractivity contribution in [1.82, 2.24) is 19.9 Å². The number of nitrogens with one attached hydrogen (secondary N) is 1. The lowest BCUT2D eigenvalue weighted by atomic mass is 9.83. The van der Waals surface area contributed by atoms with Crippen LogP contribution in [0.2, 0.25) is 0 Å². The van der Waals surface area contributed by atoms with Gasteiger partial charge in [-0.1, -0.05) is 12.5 Å². The molecule has 2 aromatic rings. The quantitative estimate of drug-likeness (QED) is 0.914. The van der Waals surface area contributed by atoms with Crippen molar-refractivity contribution in [2.75, 3.05) is 18.4 Å². The minimum atomic E-state index is 0.268. The van der Waals surface area contributed by atoms with Crippen molar-refractivity contribution in [3.8, 4) is 0 Å². The zero-order chi connectivity index (χ0) is 17.9. The molecule has 3 heterocycles. The van der Waals surface area contributed by atoms with Gasteiger partial charge >= 0.3 is 0 Å². The molecule has 2 aromatic heterocycles. The van der Waals surface area contributed by atoms with Crippen molar-refractivity contribution in [2.24, 2.45) is 5.92 Å². The van der Waals surface area contributed by atoms with Crippen molar-refractivity contribution in [3.63, 3.8) is 0 Å². The second-order valence-corrected chi connectivity index (χ2v) is 7.40. The molecule has 0 radical (unpaired) electrons. The molecular formula is C20H25N5O. The maximum atomic E-state index is 12.6. The van der Waals surface area contributed by atoms with Gasteiger partial charge in [0.1, 0.15) is 5.82 Å². The lowest BCUT2D eigenvalue weighted by Crippen LogP contribution is -2.44. The smallest absolute Gasteiger partial charge is 0.228 e. The molecular weight excluding hydrogens is 326 g/mol. The predicted molar refractivity (Wildman–Crippen MR) is 100 cm³/mol. The van der Waals surface area contributed by atoms with Crippen molar-refractivity contribution in [3.05, 3.63) is 41.9 Å². The number of amides is 1. The lowest BCUT2D eigenvalue weighted by molar-refractivity contribution is -0.139. The molecule has 1 amide bonds. The summed E-state index contributed by atoms with van der Waals surface area (Å²) >= 11 is 0. The number of aromatic nitrogens is 3. The third-order valence-electron chi connectivity index (χ3n) is 5.43. The van der Waals surface area contributed by atoms with Gasteiger partial charge in [-0.3, -0.25) is 4.79 Å². The molecule has 1 atom stereocenters. The molecule has 0 spiro atoms. The number of aryl methyl sites for hydroxylation is 1. The number of likely N-dealkylation sites (tertiary alicyclic amines) is 1. The SMILES string of the molecule is Cc1ccc(Nc2nccc([C@H]3CCCN(C(=O)C4CCC4)C3)n2)nc1. The maximum Gasteiger partial charge on any atom is 0.228 e. The van der Waals surface area contributed by atoms with Gasteiger partial charge in [0, 0.05) is 37.3 Å². The highest BCUT2D eigenvalue weighted by Gasteiger charge is 2.32. The summed E-state index contributed by atoms with van der Waals surface area (Å²) in [6, 6.07) is 5.89. The van der Waals surface area contributed by atoms with E-state index in [1.54, 1.807) is 6.20 Å². The Morgan fingerprint density at radius 3 is 2.77 bits per heavy atom. The minimum absolute atomic E-state index is 0.268. The van der Waals surface area contributed by atoms with Crippen molar-refractivity contribution in [1.29, 1.82) is 0 Å². The molecule has 0 bridgehead atoms. The first-order valence-electron chi connectivity index (χ1n) is 9.50. The van der Waals surface area contributed by atoms with E-state index in [4.69, 9.17) is 0 Å². The molecule has 26 heavy (non-hydrogen) atoms. The molecule has 2 fully saturated rings. The monoisotopic (exact) mass is 351 g/mol. The highest BCUT2D eigenvalue weighted by Crippen LogP contribution is 2.32. The summed E-state index contributed by atoms with van der Waals surface area (Å²) in [6.45, 7) is 3.66. The van der Waals surface area contributed by atoms with Crippen LogP contribution in [-0.2, 0) is 4.79 Å². The summed E-state index contributed by atoms with van der Waals surface area (Å²) in [4.78, 5) is 28.0. The average Bonchev–Trinajstić information content (AvgIpc) is 2.63. The first-order valence-corrected chi connectivity index (χ1v) is 9.50. The Labute approximate surface area is 154 Å². The molecule has 1 saturated heterocycles. The second-order valence-electron chi connectivity index (χ2n) is 7.40. The average molecular weight is 351 g/mol. The molecule has 4 rings (SSSR count). The molecule has 6 heteroatoms. The van der Waals surface area contributed by atoms with Crippen molar-refractivity contribution >= 4 is 17.7 Å². The Bertz CT molecular complexity index is 772. The van der Waals surface area contributed by atoms with Crippen LogP contribution in [0.25, 0.3) is 0 Å². The van der Waals surface area contributed by atoms with E-state index in [-0.39, 0.29) is 11.8 Å². The van der Waals surface area contributed by atoms with E-state index in [0.717, 1.165) is 55.8 Å². The van der Waals surface area contributed by atoms with E-state index < -0.39 is 0 Å². The van der Waals surface area contributed by atoms with Crippen LogP contribution in [0.5, 0.6) is 0 Å². The summed E-state index contributed by atoms with van der Waals surface area (Å²) in [5, 5.41) is 3.17. The molecule has 136 valence electrons. The normalized spacial score (nSPS) is 20.5. The van der Waals surface area contributed by atoms with Crippen LogP contribution in [-0.4, -0.2) is 38.8 Å².